The highest BCUT2D eigenvalue weighted by Crippen LogP contribution is 2.35. The first-order chi connectivity index (χ1) is 9.70. The van der Waals surface area contributed by atoms with Crippen LogP contribution in [0.2, 0.25) is 8.67 Å². The number of thiophene rings is 1. The smallest absolute Gasteiger partial charge is 0.335 e. The van der Waals surface area contributed by atoms with Crippen LogP contribution in [-0.4, -0.2) is 19.5 Å². The fraction of sp³-hybridized carbons (Fsp3) is 0. The minimum absolute atomic E-state index is 0.0812. The monoisotopic (exact) mass is 369 g/mol. The molecule has 0 aliphatic heterocycles. The number of carbonyl (C=O) groups is 1. The number of carboxylic acids is 1. The van der Waals surface area contributed by atoms with Crippen molar-refractivity contribution in [3.63, 3.8) is 0 Å². The van der Waals surface area contributed by atoms with Crippen molar-refractivity contribution in [1.82, 2.24) is 0 Å². The number of hydrogen-bond acceptors (Lipinski definition) is 4. The van der Waals surface area contributed by atoms with E-state index in [1.165, 1.54) is 0 Å². The molecule has 0 fully saturated rings. The molecule has 0 radical (unpaired) electrons. The van der Waals surface area contributed by atoms with Crippen molar-refractivity contribution in [3.05, 3.63) is 44.3 Å². The van der Waals surface area contributed by atoms with E-state index >= 15 is 0 Å². The van der Waals surface area contributed by atoms with E-state index < -0.39 is 27.5 Å². The Morgan fingerprint density at radius 1 is 1.29 bits per heavy atom. The Kier molecular flexibility index (Phi) is 4.43. The van der Waals surface area contributed by atoms with Crippen LogP contribution in [0.25, 0.3) is 0 Å². The second-order valence-electron chi connectivity index (χ2n) is 3.79. The Morgan fingerprint density at radius 3 is 2.48 bits per heavy atom. The lowest BCUT2D eigenvalue weighted by molar-refractivity contribution is 0.0697. The van der Waals surface area contributed by atoms with Crippen molar-refractivity contribution in [1.29, 1.82) is 0 Å². The van der Waals surface area contributed by atoms with Gasteiger partial charge >= 0.3 is 5.97 Å². The molecule has 1 heterocycles. The van der Waals surface area contributed by atoms with Gasteiger partial charge in [0.1, 0.15) is 15.0 Å². The van der Waals surface area contributed by atoms with Gasteiger partial charge in [-0.2, -0.15) is 0 Å². The highest BCUT2D eigenvalue weighted by Gasteiger charge is 2.23. The van der Waals surface area contributed by atoms with E-state index in [0.717, 1.165) is 35.6 Å². The van der Waals surface area contributed by atoms with Gasteiger partial charge < -0.3 is 5.11 Å². The first-order valence-corrected chi connectivity index (χ1v) is 8.27. The summed E-state index contributed by atoms with van der Waals surface area (Å²) >= 11 is 12.2. The second kappa shape index (κ2) is 5.80. The molecule has 5 nitrogen and oxygen atoms in total. The fourth-order valence-electron chi connectivity index (χ4n) is 1.44. The van der Waals surface area contributed by atoms with Crippen molar-refractivity contribution >= 4 is 56.2 Å². The van der Waals surface area contributed by atoms with E-state index in [4.69, 9.17) is 28.3 Å². The van der Waals surface area contributed by atoms with Crippen molar-refractivity contribution in [2.75, 3.05) is 4.72 Å². The standard InChI is InChI=1S/C11H6Cl2FNO4S2/c12-9-4-8(10(13)20-9)21(18,19)15-7-3-5(11(16)17)1-2-6(7)14/h1-4,15H,(H,16,17). The van der Waals surface area contributed by atoms with E-state index in [9.17, 15) is 17.6 Å². The number of halogens is 3. The average Bonchev–Trinajstić information content (AvgIpc) is 2.71. The van der Waals surface area contributed by atoms with E-state index in [2.05, 4.69) is 0 Å². The molecule has 0 atom stereocenters. The minimum atomic E-state index is -4.18. The lowest BCUT2D eigenvalue weighted by atomic mass is 10.2. The summed E-state index contributed by atoms with van der Waals surface area (Å²) in [5.74, 6) is -2.23. The SMILES string of the molecule is O=C(O)c1ccc(F)c(NS(=O)(=O)c2cc(Cl)sc2Cl)c1. The topological polar surface area (TPSA) is 83.5 Å². The number of sulfonamides is 1. The van der Waals surface area contributed by atoms with Crippen LogP contribution in [0.15, 0.2) is 29.2 Å². The molecule has 0 unspecified atom stereocenters. The largest absolute Gasteiger partial charge is 0.478 e. The second-order valence-corrected chi connectivity index (χ2v) is 7.73. The van der Waals surface area contributed by atoms with Crippen LogP contribution < -0.4 is 4.72 Å². The third-order valence-corrected chi connectivity index (χ3v) is 5.49. The van der Waals surface area contributed by atoms with Gasteiger partial charge in [0.15, 0.2) is 0 Å². The van der Waals surface area contributed by atoms with Crippen LogP contribution in [0.4, 0.5) is 10.1 Å². The van der Waals surface area contributed by atoms with Crippen LogP contribution in [0.3, 0.4) is 0 Å². The molecule has 0 bridgehead atoms. The zero-order valence-corrected chi connectivity index (χ0v) is 13.1. The zero-order valence-electron chi connectivity index (χ0n) is 9.93. The molecule has 0 aliphatic carbocycles. The third kappa shape index (κ3) is 3.46. The van der Waals surface area contributed by atoms with Gasteiger partial charge in [-0.25, -0.2) is 17.6 Å². The molecule has 1 aromatic heterocycles. The molecule has 2 aromatic rings. The lowest BCUT2D eigenvalue weighted by Gasteiger charge is -2.08. The van der Waals surface area contributed by atoms with Crippen molar-refractivity contribution in [2.24, 2.45) is 0 Å². The van der Waals surface area contributed by atoms with Gasteiger partial charge in [0.05, 0.1) is 15.6 Å². The summed E-state index contributed by atoms with van der Waals surface area (Å²) in [7, 11) is -4.18. The predicted molar refractivity (Wildman–Crippen MR) is 78.5 cm³/mol. The highest BCUT2D eigenvalue weighted by molar-refractivity contribution is 7.93. The third-order valence-electron chi connectivity index (χ3n) is 2.37. The molecule has 0 spiro atoms. The predicted octanol–water partition coefficient (Wildman–Crippen LogP) is 3.69. The molecule has 2 N–H and O–H groups in total. The van der Waals surface area contributed by atoms with Crippen molar-refractivity contribution < 1.29 is 22.7 Å². The van der Waals surface area contributed by atoms with Gasteiger partial charge in [0.25, 0.3) is 10.0 Å². The van der Waals surface area contributed by atoms with Gasteiger partial charge in [-0.3, -0.25) is 4.72 Å². The van der Waals surface area contributed by atoms with Crippen molar-refractivity contribution in [3.8, 4) is 0 Å². The number of anilines is 1. The number of aromatic carboxylic acids is 1. The summed E-state index contributed by atoms with van der Waals surface area (Å²) in [5, 5.41) is 8.83. The summed E-state index contributed by atoms with van der Waals surface area (Å²) < 4.78 is 39.8. The Labute approximate surface area is 133 Å². The van der Waals surface area contributed by atoms with E-state index in [0.29, 0.717) is 0 Å². The quantitative estimate of drug-likeness (QED) is 0.860. The molecule has 0 saturated carbocycles. The van der Waals surface area contributed by atoms with Crippen LogP contribution in [-0.2, 0) is 10.0 Å². The molecule has 0 saturated heterocycles. The Bertz CT molecular complexity index is 820. The maximum Gasteiger partial charge on any atom is 0.335 e. The molecule has 0 aliphatic rings. The molecule has 0 amide bonds. The van der Waals surface area contributed by atoms with Gasteiger partial charge in [-0.1, -0.05) is 23.2 Å². The van der Waals surface area contributed by atoms with Gasteiger partial charge in [-0.05, 0) is 24.3 Å². The maximum absolute atomic E-state index is 13.6. The van der Waals surface area contributed by atoms with Gasteiger partial charge in [-0.15, -0.1) is 11.3 Å². The Morgan fingerprint density at radius 2 is 1.95 bits per heavy atom. The summed E-state index contributed by atoms with van der Waals surface area (Å²) in [6.07, 6.45) is 0. The minimum Gasteiger partial charge on any atom is -0.478 e. The number of rotatable bonds is 4. The maximum atomic E-state index is 13.6. The Balaban J connectivity index is 2.43. The molecular formula is C11H6Cl2FNO4S2. The number of benzene rings is 1. The number of carboxylic acid groups (broad SMARTS) is 1. The van der Waals surface area contributed by atoms with Crippen LogP contribution >= 0.6 is 34.5 Å². The van der Waals surface area contributed by atoms with Gasteiger partial charge in [0, 0.05) is 0 Å². The summed E-state index contributed by atoms with van der Waals surface area (Å²) in [5.41, 5.74) is -0.753. The van der Waals surface area contributed by atoms with Crippen molar-refractivity contribution in [2.45, 2.75) is 4.90 Å². The molecule has 10 heteroatoms. The average molecular weight is 370 g/mol. The summed E-state index contributed by atoms with van der Waals surface area (Å²) in [6.45, 7) is 0. The fourth-order valence-corrected chi connectivity index (χ4v) is 4.65. The number of nitrogens with one attached hydrogen (secondary N) is 1. The highest BCUT2D eigenvalue weighted by atomic mass is 35.5. The first-order valence-electron chi connectivity index (χ1n) is 5.21. The van der Waals surface area contributed by atoms with E-state index in [-0.39, 0.29) is 19.1 Å². The molecular weight excluding hydrogens is 364 g/mol. The molecule has 112 valence electrons. The van der Waals surface area contributed by atoms with E-state index in [1.807, 2.05) is 4.72 Å². The first kappa shape index (κ1) is 16.0. The molecule has 2 rings (SSSR count). The van der Waals surface area contributed by atoms with Crippen LogP contribution in [0.1, 0.15) is 10.4 Å². The molecule has 1 aromatic carbocycles. The van der Waals surface area contributed by atoms with Gasteiger partial charge in [0.2, 0.25) is 0 Å². The van der Waals surface area contributed by atoms with Crippen LogP contribution in [0.5, 0.6) is 0 Å². The molecule has 21 heavy (non-hydrogen) atoms. The summed E-state index contributed by atoms with van der Waals surface area (Å²) in [6, 6.07) is 3.86. The van der Waals surface area contributed by atoms with E-state index in [1.54, 1.807) is 0 Å². The zero-order chi connectivity index (χ0) is 15.8. The van der Waals surface area contributed by atoms with Crippen LogP contribution in [0, 0.1) is 5.82 Å². The summed E-state index contributed by atoms with van der Waals surface area (Å²) in [4.78, 5) is 10.5. The Hall–Kier alpha value is -1.35. The normalized spacial score (nSPS) is 11.4. The number of hydrogen-bond donors (Lipinski definition) is 2. The lowest BCUT2D eigenvalue weighted by Crippen LogP contribution is -2.14.